The van der Waals surface area contributed by atoms with Gasteiger partial charge in [0.25, 0.3) is 5.91 Å². The summed E-state index contributed by atoms with van der Waals surface area (Å²) in [6.45, 7) is 2.00. The molecule has 3 aromatic rings. The lowest BCUT2D eigenvalue weighted by atomic mass is 10.00. The van der Waals surface area contributed by atoms with Crippen LogP contribution in [0, 0.1) is 17.6 Å². The molecule has 0 bridgehead atoms. The number of anilines is 1. The highest BCUT2D eigenvalue weighted by Crippen LogP contribution is 2.35. The molecule has 3 amide bonds. The lowest BCUT2D eigenvalue weighted by Gasteiger charge is -2.26. The predicted octanol–water partition coefficient (Wildman–Crippen LogP) is 3.75. The summed E-state index contributed by atoms with van der Waals surface area (Å²) in [4.78, 5) is 45.8. The Balaban J connectivity index is 1.38. The number of amides is 3. The topological polar surface area (TPSA) is 90.9 Å². The van der Waals surface area contributed by atoms with E-state index in [0.29, 0.717) is 18.2 Å². The molecule has 1 unspecified atom stereocenters. The molecule has 1 saturated carbocycles. The van der Waals surface area contributed by atoms with Gasteiger partial charge in [-0.25, -0.2) is 13.8 Å². The number of carbonyl (C=O) groups is 3. The normalized spacial score (nSPS) is 17.5. The molecule has 9 heteroatoms. The van der Waals surface area contributed by atoms with Crippen LogP contribution in [-0.4, -0.2) is 42.2 Å². The van der Waals surface area contributed by atoms with E-state index < -0.39 is 35.7 Å². The minimum absolute atomic E-state index is 0.141. The number of aliphatic imine (C=N–C) groups is 1. The first-order valence-corrected chi connectivity index (χ1v) is 12.9. The zero-order chi connectivity index (χ0) is 27.5. The molecule has 2 aliphatic rings. The molecule has 5 rings (SSSR count). The third-order valence-electron chi connectivity index (χ3n) is 6.73. The van der Waals surface area contributed by atoms with E-state index in [1.165, 1.54) is 6.92 Å². The third kappa shape index (κ3) is 6.19. The molecule has 2 N–H and O–H groups in total. The van der Waals surface area contributed by atoms with Gasteiger partial charge in [0.1, 0.15) is 17.7 Å². The van der Waals surface area contributed by atoms with Crippen LogP contribution >= 0.6 is 0 Å². The van der Waals surface area contributed by atoms with Crippen LogP contribution in [0.4, 0.5) is 14.5 Å². The van der Waals surface area contributed by atoms with E-state index >= 15 is 0 Å². The van der Waals surface area contributed by atoms with Crippen molar-refractivity contribution in [2.75, 3.05) is 11.4 Å². The highest BCUT2D eigenvalue weighted by Gasteiger charge is 2.36. The van der Waals surface area contributed by atoms with Crippen LogP contribution in [0.15, 0.2) is 77.8 Å². The van der Waals surface area contributed by atoms with Crippen LogP contribution in [0.5, 0.6) is 0 Å². The molecule has 0 radical (unpaired) electrons. The zero-order valence-electron chi connectivity index (χ0n) is 21.4. The Kier molecular flexibility index (Phi) is 7.49. The van der Waals surface area contributed by atoms with Gasteiger partial charge >= 0.3 is 0 Å². The largest absolute Gasteiger partial charge is 0.344 e. The van der Waals surface area contributed by atoms with Crippen LogP contribution in [-0.2, 0) is 20.8 Å². The van der Waals surface area contributed by atoms with Crippen molar-refractivity contribution >= 4 is 29.1 Å². The minimum atomic E-state index is -1.21. The van der Waals surface area contributed by atoms with E-state index in [4.69, 9.17) is 4.99 Å². The molecule has 2 atom stereocenters. The van der Waals surface area contributed by atoms with Gasteiger partial charge in [-0.3, -0.25) is 14.4 Å². The Bertz CT molecular complexity index is 1420. The van der Waals surface area contributed by atoms with Crippen molar-refractivity contribution < 1.29 is 23.2 Å². The quantitative estimate of drug-likeness (QED) is 0.465. The molecule has 39 heavy (non-hydrogen) atoms. The number of para-hydroxylation sites is 1. The highest BCUT2D eigenvalue weighted by molar-refractivity contribution is 6.20. The summed E-state index contributed by atoms with van der Waals surface area (Å²) < 4.78 is 27.0. The minimum Gasteiger partial charge on any atom is -0.344 e. The molecule has 1 heterocycles. The zero-order valence-corrected chi connectivity index (χ0v) is 21.4. The number of nitrogens with zero attached hydrogens (tertiary/aromatic N) is 2. The van der Waals surface area contributed by atoms with Crippen molar-refractivity contribution in [2.24, 2.45) is 10.9 Å². The number of nitrogens with one attached hydrogen (secondary N) is 2. The summed E-state index contributed by atoms with van der Waals surface area (Å²) in [6.07, 6.45) is 0.548. The molecular weight excluding hydrogens is 502 g/mol. The second kappa shape index (κ2) is 11.1. The van der Waals surface area contributed by atoms with Gasteiger partial charge in [0.15, 0.2) is 0 Å². The molecule has 1 fully saturated rings. The van der Waals surface area contributed by atoms with Gasteiger partial charge in [-0.2, -0.15) is 0 Å². The number of carbonyl (C=O) groups excluding carboxylic acids is 3. The smallest absolute Gasteiger partial charge is 0.272 e. The fraction of sp³-hybridized carbons (Fsp3) is 0.267. The third-order valence-corrected chi connectivity index (χ3v) is 6.73. The fourth-order valence-corrected chi connectivity index (χ4v) is 4.61. The molecular formula is C30H28F2N4O3. The maximum atomic E-state index is 13.8. The predicted molar refractivity (Wildman–Crippen MR) is 143 cm³/mol. The van der Waals surface area contributed by atoms with Crippen LogP contribution in [0.3, 0.4) is 0 Å². The molecule has 7 nitrogen and oxygen atoms in total. The number of fused-ring (bicyclic) bond motifs is 1. The second-order valence-corrected chi connectivity index (χ2v) is 9.91. The lowest BCUT2D eigenvalue weighted by Crippen LogP contribution is -2.53. The molecule has 0 spiro atoms. The van der Waals surface area contributed by atoms with Crippen LogP contribution in [0.1, 0.15) is 36.5 Å². The fourth-order valence-electron chi connectivity index (χ4n) is 4.61. The number of hydrogen-bond donors (Lipinski definition) is 2. The summed E-state index contributed by atoms with van der Waals surface area (Å²) in [5.41, 5.74) is 3.04. The second-order valence-electron chi connectivity index (χ2n) is 9.91. The van der Waals surface area contributed by atoms with Crippen molar-refractivity contribution in [3.8, 4) is 0 Å². The van der Waals surface area contributed by atoms with Crippen molar-refractivity contribution in [1.82, 2.24) is 10.6 Å². The van der Waals surface area contributed by atoms with Gasteiger partial charge in [0, 0.05) is 23.7 Å². The number of rotatable bonds is 8. The summed E-state index contributed by atoms with van der Waals surface area (Å²) in [5.74, 6) is -2.75. The Morgan fingerprint density at radius 1 is 1.00 bits per heavy atom. The Morgan fingerprint density at radius 3 is 2.36 bits per heavy atom. The summed E-state index contributed by atoms with van der Waals surface area (Å²) in [7, 11) is 0. The van der Waals surface area contributed by atoms with Gasteiger partial charge in [0.05, 0.1) is 17.8 Å². The average molecular weight is 531 g/mol. The molecule has 1 aliphatic heterocycles. The van der Waals surface area contributed by atoms with E-state index in [9.17, 15) is 23.2 Å². The van der Waals surface area contributed by atoms with Crippen molar-refractivity contribution in [2.45, 2.75) is 38.4 Å². The van der Waals surface area contributed by atoms with E-state index in [2.05, 4.69) is 10.6 Å². The van der Waals surface area contributed by atoms with E-state index in [0.717, 1.165) is 47.9 Å². The summed E-state index contributed by atoms with van der Waals surface area (Å²) in [5, 5.41) is 5.23. The van der Waals surface area contributed by atoms with Gasteiger partial charge in [-0.1, -0.05) is 48.5 Å². The van der Waals surface area contributed by atoms with Gasteiger partial charge in [0.2, 0.25) is 18.0 Å². The van der Waals surface area contributed by atoms with Crippen molar-refractivity contribution in [3.63, 3.8) is 0 Å². The Labute approximate surface area is 224 Å². The van der Waals surface area contributed by atoms with Gasteiger partial charge in [-0.15, -0.1) is 0 Å². The molecule has 3 aromatic carbocycles. The highest BCUT2D eigenvalue weighted by atomic mass is 19.1. The van der Waals surface area contributed by atoms with Crippen LogP contribution in [0.2, 0.25) is 0 Å². The first-order chi connectivity index (χ1) is 18.8. The first kappa shape index (κ1) is 26.2. The maximum absolute atomic E-state index is 13.8. The Morgan fingerprint density at radius 2 is 1.67 bits per heavy atom. The average Bonchev–Trinajstić information content (AvgIpc) is 3.74. The first-order valence-electron chi connectivity index (χ1n) is 12.9. The molecule has 200 valence electrons. The van der Waals surface area contributed by atoms with Gasteiger partial charge in [-0.05, 0) is 49.4 Å². The van der Waals surface area contributed by atoms with E-state index in [-0.39, 0.29) is 17.9 Å². The lowest BCUT2D eigenvalue weighted by molar-refractivity contribution is -0.130. The molecule has 0 saturated heterocycles. The van der Waals surface area contributed by atoms with E-state index in [1.807, 2.05) is 54.6 Å². The standard InChI is InChI=1S/C30H28F2N4O3/c1-18(33-26(37)15-20-13-22(31)16-23(32)14-20)29(38)35-28-30(39)36(17-19-11-12-19)25-10-6-5-9-24(25)27(34-28)21-7-3-2-4-8-21/h2-10,13-14,16,18-19,28H,11-12,15,17H2,1H3,(H,33,37)(H,35,38)/t18-,28?/m0/s1. The van der Waals surface area contributed by atoms with Crippen LogP contribution in [0.25, 0.3) is 0 Å². The summed E-state index contributed by atoms with van der Waals surface area (Å²) in [6, 6.07) is 18.8. The van der Waals surface area contributed by atoms with Crippen molar-refractivity contribution in [3.05, 3.63) is 101 Å². The monoisotopic (exact) mass is 530 g/mol. The van der Waals surface area contributed by atoms with E-state index in [1.54, 1.807) is 4.90 Å². The van der Waals surface area contributed by atoms with Crippen molar-refractivity contribution in [1.29, 1.82) is 0 Å². The number of halogens is 2. The Hall–Kier alpha value is -4.40. The SMILES string of the molecule is C[C@H](NC(=O)Cc1cc(F)cc(F)c1)C(=O)NC1N=C(c2ccccc2)c2ccccc2N(CC2CC2)C1=O. The van der Waals surface area contributed by atoms with Gasteiger partial charge < -0.3 is 15.5 Å². The summed E-state index contributed by atoms with van der Waals surface area (Å²) >= 11 is 0. The maximum Gasteiger partial charge on any atom is 0.272 e. The molecule has 1 aliphatic carbocycles. The number of benzodiazepines with no additional fused rings is 1. The number of benzene rings is 3. The van der Waals surface area contributed by atoms with Crippen LogP contribution < -0.4 is 15.5 Å². The molecule has 0 aromatic heterocycles. The number of hydrogen-bond acceptors (Lipinski definition) is 4.